The number of carbonyl (C=O) groups is 1. The molecular weight excluding hydrogens is 238 g/mol. The average molecular weight is 269 g/mol. The van der Waals surface area contributed by atoms with Crippen LogP contribution in [-0.4, -0.2) is 43.0 Å². The lowest BCUT2D eigenvalue weighted by Crippen LogP contribution is -2.43. The van der Waals surface area contributed by atoms with Crippen LogP contribution in [-0.2, 0) is 4.79 Å². The fraction of sp³-hybridized carbons (Fsp3) is 0.933. The van der Waals surface area contributed by atoms with Crippen molar-refractivity contribution in [1.29, 1.82) is 0 Å². The van der Waals surface area contributed by atoms with Gasteiger partial charge in [-0.1, -0.05) is 13.8 Å². The summed E-state index contributed by atoms with van der Waals surface area (Å²) in [5, 5.41) is 3.07. The quantitative estimate of drug-likeness (QED) is 0.770. The first-order chi connectivity index (χ1) is 8.93. The lowest BCUT2D eigenvalue weighted by molar-refractivity contribution is -0.126. The van der Waals surface area contributed by atoms with E-state index >= 15 is 0 Å². The Morgan fingerprint density at radius 1 is 1.42 bits per heavy atom. The first kappa shape index (κ1) is 16.4. The van der Waals surface area contributed by atoms with Crippen molar-refractivity contribution in [3.05, 3.63) is 0 Å². The fourth-order valence-corrected chi connectivity index (χ4v) is 2.90. The van der Waals surface area contributed by atoms with Gasteiger partial charge in [0.15, 0.2) is 0 Å². The van der Waals surface area contributed by atoms with Gasteiger partial charge >= 0.3 is 0 Å². The van der Waals surface area contributed by atoms with E-state index in [1.54, 1.807) is 0 Å². The molecule has 0 aliphatic heterocycles. The van der Waals surface area contributed by atoms with E-state index in [-0.39, 0.29) is 17.9 Å². The van der Waals surface area contributed by atoms with Crippen LogP contribution in [0.4, 0.5) is 0 Å². The average Bonchev–Trinajstić information content (AvgIpc) is 2.36. The number of carbonyl (C=O) groups excluding carboxylic acids is 1. The second-order valence-electron chi connectivity index (χ2n) is 6.30. The molecule has 4 heteroatoms. The van der Waals surface area contributed by atoms with Gasteiger partial charge in [-0.3, -0.25) is 4.79 Å². The lowest BCUT2D eigenvalue weighted by atomic mass is 9.79. The normalized spacial score (nSPS) is 29.3. The van der Waals surface area contributed by atoms with Crippen LogP contribution in [0.5, 0.6) is 0 Å². The molecule has 4 atom stereocenters. The number of nitrogens with two attached hydrogens (primary N) is 1. The molecule has 0 aromatic rings. The number of nitrogens with zero attached hydrogens (tertiary/aromatic N) is 1. The van der Waals surface area contributed by atoms with E-state index in [1.807, 2.05) is 0 Å². The van der Waals surface area contributed by atoms with Crippen LogP contribution >= 0.6 is 0 Å². The number of amides is 1. The van der Waals surface area contributed by atoms with Gasteiger partial charge in [0.05, 0.1) is 0 Å². The van der Waals surface area contributed by atoms with Crippen LogP contribution in [0.1, 0.15) is 46.5 Å². The summed E-state index contributed by atoms with van der Waals surface area (Å²) in [6, 6.07) is 0.766. The van der Waals surface area contributed by atoms with Gasteiger partial charge in [-0.05, 0) is 45.6 Å². The molecule has 0 radical (unpaired) electrons. The van der Waals surface area contributed by atoms with Crippen LogP contribution in [0.25, 0.3) is 0 Å². The molecule has 0 saturated heterocycles. The summed E-state index contributed by atoms with van der Waals surface area (Å²) >= 11 is 0. The van der Waals surface area contributed by atoms with Gasteiger partial charge < -0.3 is 16.0 Å². The Morgan fingerprint density at radius 3 is 2.68 bits per heavy atom. The van der Waals surface area contributed by atoms with Crippen LogP contribution in [0.2, 0.25) is 0 Å². The number of hydrogen-bond donors (Lipinski definition) is 2. The fourth-order valence-electron chi connectivity index (χ4n) is 2.90. The third kappa shape index (κ3) is 5.49. The molecular formula is C15H31N3O. The highest BCUT2D eigenvalue weighted by Crippen LogP contribution is 2.27. The Balaban J connectivity index is 2.27. The van der Waals surface area contributed by atoms with Crippen LogP contribution in [0.15, 0.2) is 0 Å². The standard InChI is InChI=1S/C15H31N3O/c1-5-12(3)18(4)7-6-17-15(19)13-8-11(2)9-14(16)10-13/h11-14H,5-10,16H2,1-4H3,(H,17,19). The van der Waals surface area contributed by atoms with Crippen LogP contribution < -0.4 is 11.1 Å². The SMILES string of the molecule is CCC(C)N(C)CCNC(=O)C1CC(C)CC(N)C1. The molecule has 0 aromatic carbocycles. The Bertz CT molecular complexity index is 273. The molecule has 4 nitrogen and oxygen atoms in total. The number of nitrogens with one attached hydrogen (secondary N) is 1. The molecule has 112 valence electrons. The van der Waals surface area contributed by atoms with E-state index in [1.165, 1.54) is 0 Å². The molecule has 1 rings (SSSR count). The number of rotatable bonds is 6. The Morgan fingerprint density at radius 2 is 2.11 bits per heavy atom. The Labute approximate surface area is 118 Å². The molecule has 1 aliphatic carbocycles. The first-order valence-corrected chi connectivity index (χ1v) is 7.67. The maximum Gasteiger partial charge on any atom is 0.223 e. The lowest BCUT2D eigenvalue weighted by Gasteiger charge is -2.30. The van der Waals surface area contributed by atoms with Crippen LogP contribution in [0.3, 0.4) is 0 Å². The van der Waals surface area contributed by atoms with Gasteiger partial charge in [0, 0.05) is 31.1 Å². The predicted molar refractivity (Wildman–Crippen MR) is 79.9 cm³/mol. The number of likely N-dealkylation sites (N-methyl/N-ethyl adjacent to an activating group) is 1. The van der Waals surface area contributed by atoms with Crippen molar-refractivity contribution in [2.24, 2.45) is 17.6 Å². The molecule has 1 aliphatic rings. The van der Waals surface area contributed by atoms with Gasteiger partial charge in [0.1, 0.15) is 0 Å². The highest BCUT2D eigenvalue weighted by atomic mass is 16.1. The molecule has 1 saturated carbocycles. The molecule has 19 heavy (non-hydrogen) atoms. The van der Waals surface area contributed by atoms with Crippen molar-refractivity contribution < 1.29 is 4.79 Å². The number of hydrogen-bond acceptors (Lipinski definition) is 3. The summed E-state index contributed by atoms with van der Waals surface area (Å²) < 4.78 is 0. The largest absolute Gasteiger partial charge is 0.355 e. The topological polar surface area (TPSA) is 58.4 Å². The summed E-state index contributed by atoms with van der Waals surface area (Å²) in [4.78, 5) is 14.4. The Kier molecular flexibility index (Phi) is 6.80. The minimum atomic E-state index is 0.118. The minimum Gasteiger partial charge on any atom is -0.355 e. The van der Waals surface area contributed by atoms with E-state index in [0.29, 0.717) is 12.0 Å². The van der Waals surface area contributed by atoms with Gasteiger partial charge in [0.25, 0.3) is 0 Å². The van der Waals surface area contributed by atoms with Crippen molar-refractivity contribution in [2.45, 2.75) is 58.5 Å². The van der Waals surface area contributed by atoms with Crippen molar-refractivity contribution in [3.8, 4) is 0 Å². The highest BCUT2D eigenvalue weighted by molar-refractivity contribution is 5.78. The molecule has 0 heterocycles. The van der Waals surface area contributed by atoms with Crippen molar-refractivity contribution in [1.82, 2.24) is 10.2 Å². The summed E-state index contributed by atoms with van der Waals surface area (Å²) in [5.74, 6) is 0.884. The molecule has 0 aromatic heterocycles. The smallest absolute Gasteiger partial charge is 0.223 e. The van der Waals surface area contributed by atoms with Crippen molar-refractivity contribution >= 4 is 5.91 Å². The molecule has 1 amide bonds. The third-order valence-corrected chi connectivity index (χ3v) is 4.46. The van der Waals surface area contributed by atoms with Gasteiger partial charge in [-0.25, -0.2) is 0 Å². The maximum absolute atomic E-state index is 12.1. The maximum atomic E-state index is 12.1. The highest BCUT2D eigenvalue weighted by Gasteiger charge is 2.28. The van der Waals surface area contributed by atoms with E-state index < -0.39 is 0 Å². The zero-order valence-corrected chi connectivity index (χ0v) is 13.0. The summed E-state index contributed by atoms with van der Waals surface area (Å²) in [6.45, 7) is 8.24. The van der Waals surface area contributed by atoms with Gasteiger partial charge in [-0.2, -0.15) is 0 Å². The Hall–Kier alpha value is -0.610. The monoisotopic (exact) mass is 269 g/mol. The van der Waals surface area contributed by atoms with E-state index in [4.69, 9.17) is 5.73 Å². The summed E-state index contributed by atoms with van der Waals surface area (Å²) in [7, 11) is 2.11. The minimum absolute atomic E-state index is 0.118. The van der Waals surface area contributed by atoms with E-state index in [0.717, 1.165) is 38.8 Å². The third-order valence-electron chi connectivity index (χ3n) is 4.46. The van der Waals surface area contributed by atoms with Gasteiger partial charge in [-0.15, -0.1) is 0 Å². The second-order valence-corrected chi connectivity index (χ2v) is 6.30. The van der Waals surface area contributed by atoms with Crippen LogP contribution in [0, 0.1) is 11.8 Å². The van der Waals surface area contributed by atoms with Gasteiger partial charge in [0.2, 0.25) is 5.91 Å². The van der Waals surface area contributed by atoms with E-state index in [2.05, 4.69) is 38.0 Å². The zero-order chi connectivity index (χ0) is 14.4. The molecule has 3 N–H and O–H groups in total. The first-order valence-electron chi connectivity index (χ1n) is 7.67. The molecule has 4 unspecified atom stereocenters. The van der Waals surface area contributed by atoms with Crippen molar-refractivity contribution in [3.63, 3.8) is 0 Å². The van der Waals surface area contributed by atoms with Crippen molar-refractivity contribution in [2.75, 3.05) is 20.1 Å². The summed E-state index contributed by atoms with van der Waals surface area (Å²) in [6.07, 6.45) is 4.03. The summed E-state index contributed by atoms with van der Waals surface area (Å²) in [5.41, 5.74) is 6.00. The molecule has 1 fully saturated rings. The predicted octanol–water partition coefficient (Wildman–Crippen LogP) is 1.60. The molecule has 0 spiro atoms. The van der Waals surface area contributed by atoms with E-state index in [9.17, 15) is 4.79 Å². The second kappa shape index (κ2) is 7.85. The molecule has 0 bridgehead atoms. The zero-order valence-electron chi connectivity index (χ0n) is 13.0.